The summed E-state index contributed by atoms with van der Waals surface area (Å²) in [6, 6.07) is 3.38. The first-order valence-electron chi connectivity index (χ1n) is 7.24. The summed E-state index contributed by atoms with van der Waals surface area (Å²) in [6.45, 7) is 3.23. The molecule has 0 saturated carbocycles. The molecule has 1 aromatic carbocycles. The van der Waals surface area contributed by atoms with Gasteiger partial charge in [0.25, 0.3) is 5.91 Å². The number of nitrogen functional groups attached to an aromatic ring is 1. The van der Waals surface area contributed by atoms with Crippen LogP contribution in [-0.2, 0) is 0 Å². The third-order valence-corrected chi connectivity index (χ3v) is 4.86. The maximum absolute atomic E-state index is 12.5. The van der Waals surface area contributed by atoms with Crippen molar-refractivity contribution < 1.29 is 21.9 Å². The van der Waals surface area contributed by atoms with Crippen LogP contribution < -0.4 is 28.2 Å². The van der Waals surface area contributed by atoms with E-state index in [0.29, 0.717) is 27.9 Å². The number of hydrogen-bond donors (Lipinski definition) is 2. The number of halogens is 2. The van der Waals surface area contributed by atoms with Gasteiger partial charge in [0.1, 0.15) is 5.75 Å². The van der Waals surface area contributed by atoms with Gasteiger partial charge in [0.05, 0.1) is 23.4 Å². The first-order chi connectivity index (χ1) is 10.1. The number of benzene rings is 1. The van der Waals surface area contributed by atoms with E-state index >= 15 is 0 Å². The number of nitrogens with two attached hydrogens (primary N) is 1. The summed E-state index contributed by atoms with van der Waals surface area (Å²) in [7, 11) is 1.52. The number of carbonyl (C=O) groups is 1. The van der Waals surface area contributed by atoms with Crippen molar-refractivity contribution in [2.24, 2.45) is 5.92 Å². The van der Waals surface area contributed by atoms with Crippen LogP contribution >= 0.6 is 11.6 Å². The molecule has 7 heteroatoms. The second-order valence-electron chi connectivity index (χ2n) is 5.79. The van der Waals surface area contributed by atoms with Crippen molar-refractivity contribution in [1.29, 1.82) is 0 Å². The molecule has 3 aliphatic rings. The Morgan fingerprint density at radius 1 is 1.41 bits per heavy atom. The van der Waals surface area contributed by atoms with Crippen LogP contribution in [0.3, 0.4) is 0 Å². The molecule has 1 amide bonds. The molecular weight excluding hydrogens is 325 g/mol. The number of ether oxygens (including phenoxy) is 1. The monoisotopic (exact) mass is 344 g/mol. The van der Waals surface area contributed by atoms with Gasteiger partial charge in [0, 0.05) is 18.7 Å². The van der Waals surface area contributed by atoms with E-state index in [1.54, 1.807) is 12.1 Å². The summed E-state index contributed by atoms with van der Waals surface area (Å²) in [5.41, 5.74) is 6.60. The molecule has 1 aromatic rings. The van der Waals surface area contributed by atoms with Gasteiger partial charge < -0.3 is 33.1 Å². The molecule has 0 aromatic heterocycles. The van der Waals surface area contributed by atoms with Crippen molar-refractivity contribution in [3.8, 4) is 5.75 Å². The maximum atomic E-state index is 12.5. The van der Waals surface area contributed by atoms with Crippen molar-refractivity contribution in [3.05, 3.63) is 22.7 Å². The lowest BCUT2D eigenvalue weighted by Crippen LogP contribution is -3.00. The lowest BCUT2D eigenvalue weighted by atomic mass is 9.84. The number of carbonyl (C=O) groups excluding carboxylic acids is 1. The molecule has 1 atom stereocenters. The van der Waals surface area contributed by atoms with Gasteiger partial charge in [-0.2, -0.15) is 0 Å². The summed E-state index contributed by atoms with van der Waals surface area (Å²) < 4.78 is 5.24. The molecule has 2 bridgehead atoms. The number of hydrogen-bond acceptors (Lipinski definition) is 4. The van der Waals surface area contributed by atoms with Crippen LogP contribution in [0.4, 0.5) is 5.69 Å². The van der Waals surface area contributed by atoms with Gasteiger partial charge in [-0.25, -0.2) is 0 Å². The van der Waals surface area contributed by atoms with Gasteiger partial charge in [-0.1, -0.05) is 11.6 Å². The van der Waals surface area contributed by atoms with Gasteiger partial charge in [0.15, 0.2) is 0 Å². The Bertz CT molecular complexity index is 560. The Labute approximate surface area is 141 Å². The van der Waals surface area contributed by atoms with Crippen LogP contribution in [0.15, 0.2) is 12.1 Å². The molecule has 0 aliphatic carbocycles. The van der Waals surface area contributed by atoms with Crippen molar-refractivity contribution in [2.45, 2.75) is 18.9 Å². The van der Waals surface area contributed by atoms with Crippen molar-refractivity contribution in [1.82, 2.24) is 10.2 Å². The van der Waals surface area contributed by atoms with Crippen LogP contribution in [0.5, 0.6) is 5.75 Å². The van der Waals surface area contributed by atoms with E-state index < -0.39 is 0 Å². The van der Waals surface area contributed by atoms with Gasteiger partial charge in [-0.05, 0) is 37.9 Å². The molecule has 0 spiro atoms. The number of fused-ring (bicyclic) bond motifs is 3. The summed E-state index contributed by atoms with van der Waals surface area (Å²) in [4.78, 5) is 14.9. The number of methoxy groups -OCH3 is 1. The SMILES string of the molecule is COc1cc(N)c(Cl)cc1C(=O)NC1CN2CCC1CC2.[Cl-]. The van der Waals surface area contributed by atoms with E-state index in [-0.39, 0.29) is 24.4 Å². The highest BCUT2D eigenvalue weighted by Crippen LogP contribution is 2.31. The highest BCUT2D eigenvalue weighted by atomic mass is 35.5. The van der Waals surface area contributed by atoms with Crippen molar-refractivity contribution in [2.75, 3.05) is 32.5 Å². The second-order valence-corrected chi connectivity index (χ2v) is 6.20. The Balaban J connectivity index is 0.00000176. The zero-order valence-electron chi connectivity index (χ0n) is 12.4. The Hall–Kier alpha value is -1.17. The lowest BCUT2D eigenvalue weighted by Gasteiger charge is -2.44. The van der Waals surface area contributed by atoms with Gasteiger partial charge in [-0.3, -0.25) is 4.79 Å². The van der Waals surface area contributed by atoms with Crippen LogP contribution in [0, 0.1) is 5.92 Å². The molecule has 3 fully saturated rings. The maximum Gasteiger partial charge on any atom is 0.255 e. The highest BCUT2D eigenvalue weighted by molar-refractivity contribution is 6.33. The van der Waals surface area contributed by atoms with Crippen LogP contribution in [0.2, 0.25) is 5.02 Å². The molecule has 0 radical (unpaired) electrons. The molecule has 3 aliphatic heterocycles. The average Bonchev–Trinajstić information content (AvgIpc) is 2.50. The van der Waals surface area contributed by atoms with Gasteiger partial charge in [-0.15, -0.1) is 0 Å². The van der Waals surface area contributed by atoms with E-state index in [0.717, 1.165) is 32.5 Å². The fourth-order valence-electron chi connectivity index (χ4n) is 3.29. The standard InChI is InChI=1S/C15H20ClN3O2.ClH/c1-21-14-7-12(17)11(16)6-10(14)15(20)18-13-8-19-4-2-9(13)3-5-19;/h6-7,9,13H,2-5,8,17H2,1H3,(H,18,20);1H/p-1. The lowest BCUT2D eigenvalue weighted by molar-refractivity contribution is -0.0000142. The number of nitrogens with one attached hydrogen (secondary N) is 1. The first-order valence-corrected chi connectivity index (χ1v) is 7.62. The quantitative estimate of drug-likeness (QED) is 0.673. The summed E-state index contributed by atoms with van der Waals surface area (Å²) in [5.74, 6) is 0.886. The molecule has 3 saturated heterocycles. The van der Waals surface area contributed by atoms with Crippen LogP contribution in [0.25, 0.3) is 0 Å². The number of rotatable bonds is 3. The Morgan fingerprint density at radius 2 is 2.09 bits per heavy atom. The molecule has 22 heavy (non-hydrogen) atoms. The van der Waals surface area contributed by atoms with Gasteiger partial charge >= 0.3 is 0 Å². The molecule has 5 nitrogen and oxygen atoms in total. The minimum absolute atomic E-state index is 0. The van der Waals surface area contributed by atoms with Crippen LogP contribution in [-0.4, -0.2) is 43.6 Å². The second kappa shape index (κ2) is 6.94. The predicted molar refractivity (Wildman–Crippen MR) is 82.8 cm³/mol. The number of anilines is 1. The smallest absolute Gasteiger partial charge is 0.255 e. The van der Waals surface area contributed by atoms with E-state index in [9.17, 15) is 4.79 Å². The topological polar surface area (TPSA) is 67.6 Å². The zero-order chi connectivity index (χ0) is 15.0. The highest BCUT2D eigenvalue weighted by Gasteiger charge is 2.35. The van der Waals surface area contributed by atoms with Crippen molar-refractivity contribution >= 4 is 23.2 Å². The fourth-order valence-corrected chi connectivity index (χ4v) is 3.45. The number of nitrogens with zero attached hydrogens (tertiary/aromatic N) is 1. The van der Waals surface area contributed by atoms with Crippen LogP contribution in [0.1, 0.15) is 23.2 Å². The molecule has 4 rings (SSSR count). The molecular formula is C15H20Cl2N3O2-. The van der Waals surface area contributed by atoms with E-state index in [2.05, 4.69) is 10.2 Å². The predicted octanol–water partition coefficient (Wildman–Crippen LogP) is -1.24. The molecule has 3 heterocycles. The third kappa shape index (κ3) is 3.26. The fraction of sp³-hybridized carbons (Fsp3) is 0.533. The normalized spacial score (nSPS) is 26.2. The van der Waals surface area contributed by atoms with Crippen molar-refractivity contribution in [3.63, 3.8) is 0 Å². The Morgan fingerprint density at radius 3 is 2.64 bits per heavy atom. The summed E-state index contributed by atoms with van der Waals surface area (Å²) in [6.07, 6.45) is 2.31. The first kappa shape index (κ1) is 17.2. The van der Waals surface area contributed by atoms with E-state index in [1.165, 1.54) is 7.11 Å². The number of piperidine rings is 3. The molecule has 122 valence electrons. The van der Waals surface area contributed by atoms with Gasteiger partial charge in [0.2, 0.25) is 0 Å². The minimum atomic E-state index is -0.146. The summed E-state index contributed by atoms with van der Waals surface area (Å²) >= 11 is 6.02. The van der Waals surface area contributed by atoms with E-state index in [1.807, 2.05) is 0 Å². The summed E-state index contributed by atoms with van der Waals surface area (Å²) in [5, 5.41) is 3.50. The largest absolute Gasteiger partial charge is 1.00 e. The van der Waals surface area contributed by atoms with E-state index in [4.69, 9.17) is 22.1 Å². The average molecular weight is 345 g/mol. The number of amides is 1. The Kier molecular flexibility index (Phi) is 5.42. The molecule has 1 unspecified atom stereocenters. The zero-order valence-corrected chi connectivity index (χ0v) is 14.0. The minimum Gasteiger partial charge on any atom is -1.00 e. The molecule has 3 N–H and O–H groups in total. The third-order valence-electron chi connectivity index (χ3n) is 4.54.